The van der Waals surface area contributed by atoms with E-state index in [-0.39, 0.29) is 23.1 Å². The lowest BCUT2D eigenvalue weighted by Crippen LogP contribution is -2.39. The largest absolute Gasteiger partial charge is 0.466 e. The van der Waals surface area contributed by atoms with Gasteiger partial charge in [-0.1, -0.05) is 46.0 Å². The smallest absolute Gasteiger partial charge is 0.310 e. The van der Waals surface area contributed by atoms with Crippen LogP contribution in [0.25, 0.3) is 0 Å². The summed E-state index contributed by atoms with van der Waals surface area (Å²) in [5, 5.41) is -0.463. The standard InChI is InChI=1S/C17H28O3Si/c1-7-9-10-12-11-16(3)13(15(19)20-8-2)17(16,14(12)18)21(4,5)6/h11,13H,7-10H2,1-6H3/t13-,16-,17+/m0/s1. The molecule has 2 rings (SSSR count). The normalized spacial score (nSPS) is 34.5. The van der Waals surface area contributed by atoms with Crippen LogP contribution in [-0.2, 0) is 14.3 Å². The quantitative estimate of drug-likeness (QED) is 0.551. The number of hydrogen-bond donors (Lipinski definition) is 0. The molecule has 0 heterocycles. The highest BCUT2D eigenvalue weighted by atomic mass is 28.3. The van der Waals surface area contributed by atoms with Crippen molar-refractivity contribution in [3.05, 3.63) is 11.6 Å². The lowest BCUT2D eigenvalue weighted by molar-refractivity contribution is -0.146. The van der Waals surface area contributed by atoms with Gasteiger partial charge in [0.1, 0.15) is 0 Å². The van der Waals surface area contributed by atoms with E-state index in [0.717, 1.165) is 24.8 Å². The Balaban J connectivity index is 2.39. The van der Waals surface area contributed by atoms with Crippen LogP contribution in [0, 0.1) is 11.3 Å². The molecule has 0 aromatic rings. The maximum absolute atomic E-state index is 13.1. The molecular formula is C17H28O3Si. The molecule has 0 aliphatic heterocycles. The maximum Gasteiger partial charge on any atom is 0.310 e. The molecule has 1 saturated carbocycles. The molecule has 1 fully saturated rings. The van der Waals surface area contributed by atoms with Gasteiger partial charge in [0.15, 0.2) is 5.78 Å². The highest BCUT2D eigenvalue weighted by molar-refractivity contribution is 6.85. The van der Waals surface area contributed by atoms with Gasteiger partial charge in [0, 0.05) is 5.41 Å². The number of ether oxygens (including phenoxy) is 1. The fourth-order valence-corrected chi connectivity index (χ4v) is 8.56. The first kappa shape index (κ1) is 16.5. The van der Waals surface area contributed by atoms with Crippen LogP contribution >= 0.6 is 0 Å². The van der Waals surface area contributed by atoms with Gasteiger partial charge in [-0.25, -0.2) is 0 Å². The summed E-state index contributed by atoms with van der Waals surface area (Å²) in [6, 6.07) is 0. The van der Waals surface area contributed by atoms with Gasteiger partial charge < -0.3 is 4.74 Å². The predicted octanol–water partition coefficient (Wildman–Crippen LogP) is 3.96. The van der Waals surface area contributed by atoms with Gasteiger partial charge in [0.25, 0.3) is 0 Å². The first-order valence-electron chi connectivity index (χ1n) is 8.11. The Morgan fingerprint density at radius 2 is 1.95 bits per heavy atom. The number of allylic oxidation sites excluding steroid dienone is 2. The van der Waals surface area contributed by atoms with E-state index in [9.17, 15) is 9.59 Å². The molecule has 0 unspecified atom stereocenters. The van der Waals surface area contributed by atoms with Crippen LogP contribution in [0.4, 0.5) is 0 Å². The number of Topliss-reactive ketones (excluding diaryl/α,β-unsaturated/α-hetero) is 1. The van der Waals surface area contributed by atoms with E-state index in [2.05, 4.69) is 39.6 Å². The Morgan fingerprint density at radius 3 is 2.38 bits per heavy atom. The summed E-state index contributed by atoms with van der Waals surface area (Å²) in [6.45, 7) is 13.1. The molecule has 0 spiro atoms. The highest BCUT2D eigenvalue weighted by Crippen LogP contribution is 2.84. The van der Waals surface area contributed by atoms with Crippen LogP contribution in [0.5, 0.6) is 0 Å². The van der Waals surface area contributed by atoms with Gasteiger partial charge in [-0.15, -0.1) is 0 Å². The summed E-state index contributed by atoms with van der Waals surface area (Å²) in [4.78, 5) is 25.5. The van der Waals surface area contributed by atoms with E-state index in [1.54, 1.807) is 0 Å². The Bertz CT molecular complexity index is 503. The number of rotatable bonds is 6. The van der Waals surface area contributed by atoms with Crippen LogP contribution in [0.15, 0.2) is 11.6 Å². The molecule has 0 N–H and O–H groups in total. The lowest BCUT2D eigenvalue weighted by Gasteiger charge is -2.29. The van der Waals surface area contributed by atoms with Crippen LogP contribution < -0.4 is 0 Å². The molecule has 0 amide bonds. The number of carbonyl (C=O) groups excluding carboxylic acids is 2. The van der Waals surface area contributed by atoms with Crippen molar-refractivity contribution in [1.29, 1.82) is 0 Å². The van der Waals surface area contributed by atoms with Gasteiger partial charge >= 0.3 is 5.97 Å². The molecule has 3 atom stereocenters. The number of ketones is 1. The zero-order valence-electron chi connectivity index (χ0n) is 14.2. The molecule has 2 aliphatic carbocycles. The Morgan fingerprint density at radius 1 is 1.33 bits per heavy atom. The summed E-state index contributed by atoms with van der Waals surface area (Å²) in [5.74, 6) is -0.188. The number of carbonyl (C=O) groups is 2. The Kier molecular flexibility index (Phi) is 3.98. The zero-order chi connectivity index (χ0) is 16.1. The van der Waals surface area contributed by atoms with Gasteiger partial charge in [0.05, 0.1) is 25.6 Å². The third-order valence-corrected chi connectivity index (χ3v) is 8.85. The average Bonchev–Trinajstić information content (AvgIpc) is 2.87. The second-order valence-corrected chi connectivity index (χ2v) is 12.9. The van der Waals surface area contributed by atoms with E-state index < -0.39 is 13.1 Å². The van der Waals surface area contributed by atoms with E-state index in [1.165, 1.54) is 0 Å². The lowest BCUT2D eigenvalue weighted by atomic mass is 10.00. The summed E-state index contributed by atoms with van der Waals surface area (Å²) in [7, 11) is -1.85. The van der Waals surface area contributed by atoms with Gasteiger partial charge in [0.2, 0.25) is 0 Å². The fourth-order valence-electron chi connectivity index (χ4n) is 4.68. The van der Waals surface area contributed by atoms with E-state index >= 15 is 0 Å². The van der Waals surface area contributed by atoms with Crippen molar-refractivity contribution in [3.63, 3.8) is 0 Å². The van der Waals surface area contributed by atoms with Crippen LogP contribution in [-0.4, -0.2) is 26.4 Å². The average molecular weight is 308 g/mol. The Hall–Kier alpha value is -0.903. The highest BCUT2D eigenvalue weighted by Gasteiger charge is 2.86. The summed E-state index contributed by atoms with van der Waals surface area (Å²) in [6.07, 6.45) is 5.10. The SMILES string of the molecule is CCCCC1=C[C@@]2(C)[C@H](C(=O)OCC)[C@@]2([Si](C)(C)C)C1=O. The summed E-state index contributed by atoms with van der Waals surface area (Å²) < 4.78 is 5.25. The number of unbranched alkanes of at least 4 members (excludes halogenated alkanes) is 1. The fraction of sp³-hybridized carbons (Fsp3) is 0.765. The molecule has 4 heteroatoms. The van der Waals surface area contributed by atoms with Gasteiger partial charge in [-0.2, -0.15) is 0 Å². The van der Waals surface area contributed by atoms with Gasteiger partial charge in [-0.3, -0.25) is 9.59 Å². The number of fused-ring (bicyclic) bond motifs is 1. The molecule has 0 aromatic carbocycles. The first-order valence-corrected chi connectivity index (χ1v) is 11.6. The second-order valence-electron chi connectivity index (χ2n) is 7.63. The maximum atomic E-state index is 13.1. The van der Waals surface area contributed by atoms with Crippen LogP contribution in [0.2, 0.25) is 24.7 Å². The van der Waals surface area contributed by atoms with Gasteiger partial charge in [-0.05, 0) is 25.3 Å². The van der Waals surface area contributed by atoms with Crippen molar-refractivity contribution in [2.24, 2.45) is 11.3 Å². The number of esters is 1. The monoisotopic (exact) mass is 308 g/mol. The topological polar surface area (TPSA) is 43.4 Å². The van der Waals surface area contributed by atoms with Crippen molar-refractivity contribution in [1.82, 2.24) is 0 Å². The predicted molar refractivity (Wildman–Crippen MR) is 86.9 cm³/mol. The van der Waals surface area contributed by atoms with Crippen molar-refractivity contribution < 1.29 is 14.3 Å². The van der Waals surface area contributed by atoms with Crippen LogP contribution in [0.3, 0.4) is 0 Å². The van der Waals surface area contributed by atoms with E-state index in [4.69, 9.17) is 4.74 Å². The molecule has 0 radical (unpaired) electrons. The van der Waals surface area contributed by atoms with Crippen LogP contribution in [0.1, 0.15) is 40.0 Å². The summed E-state index contributed by atoms with van der Waals surface area (Å²) >= 11 is 0. The van der Waals surface area contributed by atoms with Crippen molar-refractivity contribution in [2.45, 2.75) is 64.7 Å². The molecule has 3 nitrogen and oxygen atoms in total. The Labute approximate surface area is 129 Å². The van der Waals surface area contributed by atoms with Crippen molar-refractivity contribution in [3.8, 4) is 0 Å². The second kappa shape index (κ2) is 5.08. The molecular weight excluding hydrogens is 280 g/mol. The minimum Gasteiger partial charge on any atom is -0.466 e. The van der Waals surface area contributed by atoms with E-state index in [0.29, 0.717) is 6.61 Å². The molecule has 2 aliphatic rings. The number of hydrogen-bond acceptors (Lipinski definition) is 3. The third kappa shape index (κ3) is 1.98. The molecule has 21 heavy (non-hydrogen) atoms. The summed E-state index contributed by atoms with van der Waals surface area (Å²) in [5.41, 5.74) is 0.659. The zero-order valence-corrected chi connectivity index (χ0v) is 15.2. The minimum absolute atomic E-state index is 0.179. The minimum atomic E-state index is -1.85. The molecule has 0 bridgehead atoms. The molecule has 0 saturated heterocycles. The van der Waals surface area contributed by atoms with E-state index in [1.807, 2.05) is 6.92 Å². The first-order chi connectivity index (χ1) is 9.68. The van der Waals surface area contributed by atoms with Crippen molar-refractivity contribution >= 4 is 19.8 Å². The van der Waals surface area contributed by atoms with Crippen molar-refractivity contribution in [2.75, 3.05) is 6.61 Å². The third-order valence-electron chi connectivity index (χ3n) is 5.43. The molecule has 118 valence electrons. The molecule has 0 aromatic heterocycles.